The van der Waals surface area contributed by atoms with E-state index in [0.717, 1.165) is 23.8 Å². The number of esters is 1. The number of aromatic nitrogens is 1. The number of aryl methyl sites for hydroxylation is 1. The van der Waals surface area contributed by atoms with Gasteiger partial charge in [0.05, 0.1) is 18.6 Å². The summed E-state index contributed by atoms with van der Waals surface area (Å²) in [5, 5.41) is 7.64. The van der Waals surface area contributed by atoms with Crippen molar-refractivity contribution in [1.82, 2.24) is 5.16 Å². The lowest BCUT2D eigenvalue weighted by Gasteiger charge is -2.06. The fourth-order valence-corrected chi connectivity index (χ4v) is 2.67. The number of carbonyl (C=O) groups excluding carboxylic acids is 2. The van der Waals surface area contributed by atoms with Crippen molar-refractivity contribution in [1.29, 1.82) is 0 Å². The van der Waals surface area contributed by atoms with Crippen molar-refractivity contribution in [3.63, 3.8) is 0 Å². The Morgan fingerprint density at radius 2 is 1.93 bits per heavy atom. The number of anilines is 1. The highest BCUT2D eigenvalue weighted by molar-refractivity contribution is 5.95. The first kappa shape index (κ1) is 18.6. The summed E-state index contributed by atoms with van der Waals surface area (Å²) in [6, 6.07) is 12.4. The van der Waals surface area contributed by atoms with E-state index in [9.17, 15) is 9.59 Å². The maximum absolute atomic E-state index is 12.3. The first-order chi connectivity index (χ1) is 13.1. The van der Waals surface area contributed by atoms with Gasteiger partial charge >= 0.3 is 5.97 Å². The van der Waals surface area contributed by atoms with Gasteiger partial charge in [-0.25, -0.2) is 4.79 Å². The number of hydrogen-bond acceptors (Lipinski definition) is 5. The molecule has 0 fully saturated rings. The summed E-state index contributed by atoms with van der Waals surface area (Å²) in [6.07, 6.45) is 1.92. The topological polar surface area (TPSA) is 81.4 Å². The summed E-state index contributed by atoms with van der Waals surface area (Å²) < 4.78 is 10.4. The van der Waals surface area contributed by atoms with Crippen LogP contribution in [0.1, 0.15) is 41.4 Å². The highest BCUT2D eigenvalue weighted by Crippen LogP contribution is 2.20. The van der Waals surface area contributed by atoms with Crippen molar-refractivity contribution in [2.24, 2.45) is 0 Å². The molecule has 3 aromatic rings. The van der Waals surface area contributed by atoms with Crippen LogP contribution in [0.4, 0.5) is 5.69 Å². The predicted molar refractivity (Wildman–Crippen MR) is 103 cm³/mol. The summed E-state index contributed by atoms with van der Waals surface area (Å²) in [4.78, 5) is 24.2. The molecule has 1 aromatic heterocycles. The number of carbonyl (C=O) groups is 2. The van der Waals surface area contributed by atoms with Gasteiger partial charge in [-0.3, -0.25) is 4.79 Å². The van der Waals surface area contributed by atoms with Crippen LogP contribution in [0.5, 0.6) is 0 Å². The van der Waals surface area contributed by atoms with Crippen LogP contribution in [0.3, 0.4) is 0 Å². The molecule has 1 N–H and O–H groups in total. The Hall–Kier alpha value is -3.15. The van der Waals surface area contributed by atoms with Crippen molar-refractivity contribution in [2.45, 2.75) is 33.1 Å². The molecule has 0 spiro atoms. The average Bonchev–Trinajstić information content (AvgIpc) is 3.04. The van der Waals surface area contributed by atoms with Crippen LogP contribution in [-0.2, 0) is 16.0 Å². The van der Waals surface area contributed by atoms with Crippen LogP contribution in [-0.4, -0.2) is 23.6 Å². The molecular formula is C21H22N2O4. The molecule has 0 saturated heterocycles. The number of amides is 1. The molecule has 0 aliphatic rings. The number of fused-ring (bicyclic) bond motifs is 1. The van der Waals surface area contributed by atoms with Gasteiger partial charge in [-0.2, -0.15) is 0 Å². The summed E-state index contributed by atoms with van der Waals surface area (Å²) in [7, 11) is 0. The number of hydrogen-bond donors (Lipinski definition) is 1. The molecule has 3 rings (SSSR count). The molecule has 27 heavy (non-hydrogen) atoms. The van der Waals surface area contributed by atoms with Crippen molar-refractivity contribution in [2.75, 3.05) is 11.9 Å². The molecule has 1 amide bonds. The molecule has 0 radical (unpaired) electrons. The summed E-state index contributed by atoms with van der Waals surface area (Å²) in [5.41, 5.74) is 3.40. The highest BCUT2D eigenvalue weighted by atomic mass is 16.5. The van der Waals surface area contributed by atoms with Crippen molar-refractivity contribution >= 4 is 28.5 Å². The zero-order valence-electron chi connectivity index (χ0n) is 15.5. The molecule has 1 heterocycles. The lowest BCUT2D eigenvalue weighted by Crippen LogP contribution is -2.15. The van der Waals surface area contributed by atoms with Gasteiger partial charge in [0.1, 0.15) is 5.69 Å². The van der Waals surface area contributed by atoms with Crippen molar-refractivity contribution in [3.8, 4) is 0 Å². The van der Waals surface area contributed by atoms with Gasteiger partial charge in [0.15, 0.2) is 5.58 Å². The second-order valence-electron chi connectivity index (χ2n) is 6.42. The van der Waals surface area contributed by atoms with E-state index in [1.54, 1.807) is 24.3 Å². The third-order valence-electron chi connectivity index (χ3n) is 4.16. The monoisotopic (exact) mass is 366 g/mol. The fourth-order valence-electron chi connectivity index (χ4n) is 2.67. The number of unbranched alkanes of at least 4 members (excludes halogenated alkanes) is 1. The zero-order chi connectivity index (χ0) is 19.2. The third-order valence-corrected chi connectivity index (χ3v) is 4.16. The summed E-state index contributed by atoms with van der Waals surface area (Å²) in [5.74, 6) is -0.559. The van der Waals surface area contributed by atoms with E-state index >= 15 is 0 Å². The molecule has 6 nitrogen and oxygen atoms in total. The van der Waals surface area contributed by atoms with E-state index in [2.05, 4.69) is 10.5 Å². The van der Waals surface area contributed by atoms with Gasteiger partial charge in [-0.05, 0) is 49.7 Å². The first-order valence-corrected chi connectivity index (χ1v) is 8.98. The van der Waals surface area contributed by atoms with Crippen LogP contribution in [0.2, 0.25) is 0 Å². The summed E-state index contributed by atoms with van der Waals surface area (Å²) in [6.45, 7) is 4.43. The number of nitrogens with one attached hydrogen (secondary N) is 1. The number of benzene rings is 2. The van der Waals surface area contributed by atoms with Gasteiger partial charge < -0.3 is 14.6 Å². The molecule has 0 aliphatic heterocycles. The van der Waals surface area contributed by atoms with Crippen molar-refractivity contribution < 1.29 is 18.8 Å². The van der Waals surface area contributed by atoms with Crippen LogP contribution < -0.4 is 5.32 Å². The molecule has 0 aliphatic carbocycles. The Labute approximate surface area is 157 Å². The van der Waals surface area contributed by atoms with E-state index in [0.29, 0.717) is 29.1 Å². The van der Waals surface area contributed by atoms with Crippen LogP contribution in [0, 0.1) is 6.92 Å². The Balaban J connectivity index is 1.60. The minimum atomic E-state index is -0.356. The van der Waals surface area contributed by atoms with Gasteiger partial charge in [0.25, 0.3) is 0 Å². The van der Waals surface area contributed by atoms with E-state index in [-0.39, 0.29) is 18.3 Å². The first-order valence-electron chi connectivity index (χ1n) is 8.98. The molecule has 2 aromatic carbocycles. The quantitative estimate of drug-likeness (QED) is 0.499. The Kier molecular flexibility index (Phi) is 5.86. The van der Waals surface area contributed by atoms with Crippen LogP contribution in [0.15, 0.2) is 47.0 Å². The van der Waals surface area contributed by atoms with Crippen LogP contribution >= 0.6 is 0 Å². The molecule has 0 unspecified atom stereocenters. The van der Waals surface area contributed by atoms with Crippen molar-refractivity contribution in [3.05, 3.63) is 59.3 Å². The Morgan fingerprint density at radius 3 is 2.67 bits per heavy atom. The largest absolute Gasteiger partial charge is 0.462 e. The molecular weight excluding hydrogens is 344 g/mol. The Morgan fingerprint density at radius 1 is 1.15 bits per heavy atom. The number of nitrogens with zero attached hydrogens (tertiary/aromatic N) is 1. The number of rotatable bonds is 7. The fraction of sp³-hybridized carbons (Fsp3) is 0.286. The highest BCUT2D eigenvalue weighted by Gasteiger charge is 2.13. The third kappa shape index (κ3) is 4.73. The smallest absolute Gasteiger partial charge is 0.338 e. The molecule has 0 saturated carbocycles. The normalized spacial score (nSPS) is 10.7. The molecule has 0 bridgehead atoms. The van der Waals surface area contributed by atoms with E-state index in [1.807, 2.05) is 32.0 Å². The van der Waals surface area contributed by atoms with Gasteiger partial charge in [-0.1, -0.05) is 30.1 Å². The average molecular weight is 366 g/mol. The standard InChI is InChI=1S/C21H22N2O4/c1-3-4-11-26-21(25)15-6-8-16(9-7-15)22-20(24)13-18-17-12-14(2)5-10-19(17)27-23-18/h5-10,12H,3-4,11,13H2,1-2H3,(H,22,24). The lowest BCUT2D eigenvalue weighted by molar-refractivity contribution is -0.115. The molecule has 6 heteroatoms. The van der Waals surface area contributed by atoms with E-state index < -0.39 is 0 Å². The predicted octanol–water partition coefficient (Wildman–Crippen LogP) is 4.27. The van der Waals surface area contributed by atoms with E-state index in [4.69, 9.17) is 9.26 Å². The van der Waals surface area contributed by atoms with Crippen LogP contribution in [0.25, 0.3) is 11.0 Å². The minimum absolute atomic E-state index is 0.108. The maximum atomic E-state index is 12.3. The zero-order valence-corrected chi connectivity index (χ0v) is 15.5. The SMILES string of the molecule is CCCCOC(=O)c1ccc(NC(=O)Cc2noc3ccc(C)cc23)cc1. The number of ether oxygens (including phenoxy) is 1. The van der Waals surface area contributed by atoms with Gasteiger partial charge in [0, 0.05) is 11.1 Å². The molecule has 0 atom stereocenters. The summed E-state index contributed by atoms with van der Waals surface area (Å²) >= 11 is 0. The second-order valence-corrected chi connectivity index (χ2v) is 6.42. The lowest BCUT2D eigenvalue weighted by atomic mass is 10.1. The molecule has 140 valence electrons. The maximum Gasteiger partial charge on any atom is 0.338 e. The van der Waals surface area contributed by atoms with E-state index in [1.165, 1.54) is 0 Å². The Bertz CT molecular complexity index is 944. The minimum Gasteiger partial charge on any atom is -0.462 e. The second kappa shape index (κ2) is 8.49. The van der Waals surface area contributed by atoms with Gasteiger partial charge in [-0.15, -0.1) is 0 Å². The van der Waals surface area contributed by atoms with Gasteiger partial charge in [0.2, 0.25) is 5.91 Å².